The van der Waals surface area contributed by atoms with E-state index in [4.69, 9.17) is 15.6 Å². The van der Waals surface area contributed by atoms with Crippen molar-refractivity contribution in [3.05, 3.63) is 0 Å². The summed E-state index contributed by atoms with van der Waals surface area (Å²) in [5.41, 5.74) is 2.65. The molecular weight excluding hydrogens is 174 g/mol. The van der Waals surface area contributed by atoms with Gasteiger partial charge in [0.05, 0.1) is 0 Å². The van der Waals surface area contributed by atoms with E-state index in [0.29, 0.717) is 12.8 Å². The van der Waals surface area contributed by atoms with Gasteiger partial charge in [-0.1, -0.05) is 0 Å². The van der Waals surface area contributed by atoms with Gasteiger partial charge in [0.15, 0.2) is 5.60 Å². The molecule has 1 aliphatic heterocycles. The first-order valence-electron chi connectivity index (χ1n) is 4.29. The highest BCUT2D eigenvalue weighted by Gasteiger charge is 2.79. The zero-order valence-electron chi connectivity index (χ0n) is 7.08. The number of nitrogens with two attached hydrogens (primary N) is 1. The Balaban J connectivity index is 2.32. The van der Waals surface area contributed by atoms with Crippen LogP contribution in [0.1, 0.15) is 25.7 Å². The minimum absolute atomic E-state index is 0.394. The number of hydrogen-bond acceptors (Lipinski definition) is 3. The molecule has 2 atom stereocenters. The Hall–Kier alpha value is -1.10. The van der Waals surface area contributed by atoms with Crippen molar-refractivity contribution in [1.82, 2.24) is 0 Å². The molecule has 0 aromatic carbocycles. The van der Waals surface area contributed by atoms with Gasteiger partial charge < -0.3 is 15.6 Å². The molecule has 5 heteroatoms. The van der Waals surface area contributed by atoms with Gasteiger partial charge in [-0.25, -0.2) is 4.79 Å². The third kappa shape index (κ3) is 0.798. The van der Waals surface area contributed by atoms with Crippen LogP contribution in [0.15, 0.2) is 0 Å². The third-order valence-corrected chi connectivity index (χ3v) is 3.01. The summed E-state index contributed by atoms with van der Waals surface area (Å²) in [4.78, 5) is 22.0. The maximum Gasteiger partial charge on any atom is 0.339 e. The first-order chi connectivity index (χ1) is 6.05. The Morgan fingerprint density at radius 2 is 1.77 bits per heavy atom. The van der Waals surface area contributed by atoms with Gasteiger partial charge in [0.25, 0.3) is 5.91 Å². The van der Waals surface area contributed by atoms with Crippen molar-refractivity contribution in [3.63, 3.8) is 0 Å². The number of ether oxygens (including phenoxy) is 1. The van der Waals surface area contributed by atoms with Crippen molar-refractivity contribution in [1.29, 1.82) is 0 Å². The van der Waals surface area contributed by atoms with Gasteiger partial charge in [0, 0.05) is 0 Å². The molecule has 2 rings (SSSR count). The Kier molecular flexibility index (Phi) is 1.46. The summed E-state index contributed by atoms with van der Waals surface area (Å²) in [6.07, 6.45) is 2.42. The molecule has 0 aromatic heterocycles. The first kappa shape index (κ1) is 8.50. The number of carbonyl (C=O) groups is 2. The largest absolute Gasteiger partial charge is 0.479 e. The Morgan fingerprint density at radius 1 is 1.23 bits per heavy atom. The molecule has 5 nitrogen and oxygen atoms in total. The van der Waals surface area contributed by atoms with Crippen LogP contribution < -0.4 is 5.73 Å². The number of carbonyl (C=O) groups excluding carboxylic acids is 1. The van der Waals surface area contributed by atoms with E-state index >= 15 is 0 Å². The predicted octanol–water partition coefficient (Wildman–Crippen LogP) is -0.362. The van der Waals surface area contributed by atoms with E-state index < -0.39 is 23.1 Å². The van der Waals surface area contributed by atoms with Crippen LogP contribution in [0.2, 0.25) is 0 Å². The number of carboxylic acid groups (broad SMARTS) is 1. The van der Waals surface area contributed by atoms with Gasteiger partial charge in [-0.05, 0) is 25.7 Å². The van der Waals surface area contributed by atoms with E-state index in [1.807, 2.05) is 0 Å². The minimum Gasteiger partial charge on any atom is -0.479 e. The van der Waals surface area contributed by atoms with E-state index in [0.717, 1.165) is 12.8 Å². The van der Waals surface area contributed by atoms with Crippen molar-refractivity contribution in [2.24, 2.45) is 5.73 Å². The molecule has 1 amide bonds. The summed E-state index contributed by atoms with van der Waals surface area (Å²) in [5.74, 6) is -1.71. The molecule has 1 heterocycles. The highest BCUT2D eigenvalue weighted by Crippen LogP contribution is 2.57. The van der Waals surface area contributed by atoms with Gasteiger partial charge in [-0.3, -0.25) is 4.79 Å². The van der Waals surface area contributed by atoms with Gasteiger partial charge in [0.2, 0.25) is 5.60 Å². The quantitative estimate of drug-likeness (QED) is 0.574. The minimum atomic E-state index is -1.29. The predicted molar refractivity (Wildman–Crippen MR) is 41.8 cm³/mol. The van der Waals surface area contributed by atoms with Crippen molar-refractivity contribution in [3.8, 4) is 0 Å². The summed E-state index contributed by atoms with van der Waals surface area (Å²) >= 11 is 0. The summed E-state index contributed by atoms with van der Waals surface area (Å²) in [6, 6.07) is 0. The lowest BCUT2D eigenvalue weighted by Gasteiger charge is -2.18. The van der Waals surface area contributed by atoms with Crippen LogP contribution in [0.3, 0.4) is 0 Å². The van der Waals surface area contributed by atoms with Crippen molar-refractivity contribution < 1.29 is 19.4 Å². The first-order valence-corrected chi connectivity index (χ1v) is 4.29. The molecule has 0 spiro atoms. The molecule has 2 unspecified atom stereocenters. The topological polar surface area (TPSA) is 92.9 Å². The molecule has 0 bridgehead atoms. The maximum absolute atomic E-state index is 11.1. The molecule has 0 aromatic rings. The van der Waals surface area contributed by atoms with Crippen molar-refractivity contribution >= 4 is 11.9 Å². The number of fused-ring (bicyclic) bond motifs is 1. The van der Waals surface area contributed by atoms with E-state index in [-0.39, 0.29) is 0 Å². The zero-order chi connectivity index (χ0) is 9.69. The number of carboxylic acids is 1. The van der Waals surface area contributed by atoms with E-state index in [9.17, 15) is 9.59 Å². The second-order valence-electron chi connectivity index (χ2n) is 3.63. The smallest absolute Gasteiger partial charge is 0.339 e. The molecule has 1 saturated heterocycles. The van der Waals surface area contributed by atoms with Gasteiger partial charge in [-0.2, -0.15) is 0 Å². The lowest BCUT2D eigenvalue weighted by molar-refractivity contribution is -0.144. The standard InChI is InChI=1S/C8H11NO4/c9-5(10)7-3-1-2-4-8(7,13-7)6(11)12/h1-4H2,(H2,9,10)(H,11,12). The summed E-state index contributed by atoms with van der Waals surface area (Å²) in [7, 11) is 0. The molecule has 1 saturated carbocycles. The van der Waals surface area contributed by atoms with Crippen LogP contribution in [0.25, 0.3) is 0 Å². The Labute approximate surface area is 74.9 Å². The average Bonchev–Trinajstić information content (AvgIpc) is 2.75. The fourth-order valence-corrected chi connectivity index (χ4v) is 2.22. The molecule has 2 fully saturated rings. The Morgan fingerprint density at radius 3 is 2.15 bits per heavy atom. The van der Waals surface area contributed by atoms with Gasteiger partial charge in [-0.15, -0.1) is 0 Å². The molecule has 1 aliphatic carbocycles. The van der Waals surface area contributed by atoms with E-state index in [1.165, 1.54) is 0 Å². The van der Waals surface area contributed by atoms with E-state index in [1.54, 1.807) is 0 Å². The van der Waals surface area contributed by atoms with Crippen LogP contribution >= 0.6 is 0 Å². The summed E-state index contributed by atoms with van der Waals surface area (Å²) in [6.45, 7) is 0. The molecular formula is C8H11NO4. The highest BCUT2D eigenvalue weighted by molar-refractivity contribution is 5.99. The lowest BCUT2D eigenvalue weighted by atomic mass is 9.79. The lowest BCUT2D eigenvalue weighted by Crippen LogP contribution is -2.45. The number of rotatable bonds is 2. The van der Waals surface area contributed by atoms with Crippen LogP contribution in [0.5, 0.6) is 0 Å². The van der Waals surface area contributed by atoms with Crippen molar-refractivity contribution in [2.45, 2.75) is 36.9 Å². The second kappa shape index (κ2) is 2.23. The molecule has 3 N–H and O–H groups in total. The summed E-state index contributed by atoms with van der Waals surface area (Å²) < 4.78 is 5.10. The number of epoxide rings is 1. The van der Waals surface area contributed by atoms with Crippen LogP contribution in [0, 0.1) is 0 Å². The third-order valence-electron chi connectivity index (χ3n) is 3.01. The average molecular weight is 185 g/mol. The van der Waals surface area contributed by atoms with Crippen LogP contribution in [-0.4, -0.2) is 28.2 Å². The number of hydrogen-bond donors (Lipinski definition) is 2. The van der Waals surface area contributed by atoms with Crippen LogP contribution in [-0.2, 0) is 14.3 Å². The fourth-order valence-electron chi connectivity index (χ4n) is 2.22. The number of primary amides is 1. The monoisotopic (exact) mass is 185 g/mol. The number of amides is 1. The molecule has 13 heavy (non-hydrogen) atoms. The normalized spacial score (nSPS) is 42.2. The molecule has 2 aliphatic rings. The van der Waals surface area contributed by atoms with E-state index in [2.05, 4.69) is 0 Å². The summed E-state index contributed by atoms with van der Waals surface area (Å²) in [5, 5.41) is 8.92. The highest BCUT2D eigenvalue weighted by atomic mass is 16.7. The van der Waals surface area contributed by atoms with Gasteiger partial charge >= 0.3 is 5.97 Å². The Bertz CT molecular complexity index is 262. The maximum atomic E-state index is 11.1. The van der Waals surface area contributed by atoms with Crippen molar-refractivity contribution in [2.75, 3.05) is 0 Å². The van der Waals surface area contributed by atoms with Gasteiger partial charge in [0.1, 0.15) is 0 Å². The molecule has 0 radical (unpaired) electrons. The fraction of sp³-hybridized carbons (Fsp3) is 0.750. The van der Waals surface area contributed by atoms with Crippen LogP contribution in [0.4, 0.5) is 0 Å². The molecule has 72 valence electrons. The SMILES string of the molecule is NC(=O)C12CCCCC1(C(=O)O)O2. The number of aliphatic carboxylic acids is 1. The second-order valence-corrected chi connectivity index (χ2v) is 3.63. The zero-order valence-corrected chi connectivity index (χ0v) is 7.08.